The van der Waals surface area contributed by atoms with E-state index in [2.05, 4.69) is 20.9 Å². The number of aromatic nitrogens is 1. The molecule has 1 heterocycles. The third-order valence-electron chi connectivity index (χ3n) is 3.06. The lowest BCUT2D eigenvalue weighted by Gasteiger charge is -2.26. The second-order valence-electron chi connectivity index (χ2n) is 5.00. The van der Waals surface area contributed by atoms with E-state index < -0.39 is 0 Å². The van der Waals surface area contributed by atoms with Crippen LogP contribution in [0.4, 0.5) is 0 Å². The molecule has 3 nitrogen and oxygen atoms in total. The van der Waals surface area contributed by atoms with Crippen LogP contribution < -0.4 is 0 Å². The first-order valence-electron chi connectivity index (χ1n) is 6.65. The van der Waals surface area contributed by atoms with Gasteiger partial charge in [-0.2, -0.15) is 0 Å². The fourth-order valence-electron chi connectivity index (χ4n) is 2.00. The van der Waals surface area contributed by atoms with E-state index in [4.69, 9.17) is 11.6 Å². The molecule has 0 aliphatic rings. The number of amides is 1. The van der Waals surface area contributed by atoms with E-state index in [1.165, 1.54) is 0 Å². The predicted octanol–water partition coefficient (Wildman–Crippen LogP) is 4.55. The molecule has 5 heteroatoms. The van der Waals surface area contributed by atoms with Crippen LogP contribution in [0.15, 0.2) is 47.1 Å². The van der Waals surface area contributed by atoms with Crippen molar-refractivity contribution in [3.8, 4) is 0 Å². The number of carbonyl (C=O) groups excluding carboxylic acids is 1. The smallest absolute Gasteiger partial charge is 0.273 e. The SMILES string of the molecule is CC(C)N(Cc1cccc(Cl)c1)C(=O)c1cccc(Br)n1. The molecule has 110 valence electrons. The van der Waals surface area contributed by atoms with Gasteiger partial charge in [0.05, 0.1) is 0 Å². The van der Waals surface area contributed by atoms with E-state index in [1.54, 1.807) is 17.0 Å². The summed E-state index contributed by atoms with van der Waals surface area (Å²) in [5.41, 5.74) is 1.43. The number of hydrogen-bond acceptors (Lipinski definition) is 2. The van der Waals surface area contributed by atoms with Crippen LogP contribution in [-0.2, 0) is 6.54 Å². The van der Waals surface area contributed by atoms with Crippen LogP contribution in [0.25, 0.3) is 0 Å². The summed E-state index contributed by atoms with van der Waals surface area (Å²) in [6.07, 6.45) is 0. The molecule has 0 N–H and O–H groups in total. The highest BCUT2D eigenvalue weighted by atomic mass is 79.9. The zero-order chi connectivity index (χ0) is 15.4. The zero-order valence-corrected chi connectivity index (χ0v) is 14.2. The van der Waals surface area contributed by atoms with Crippen molar-refractivity contribution in [3.05, 3.63) is 63.3 Å². The number of rotatable bonds is 4. The van der Waals surface area contributed by atoms with Crippen LogP contribution in [0, 0.1) is 0 Å². The number of pyridine rings is 1. The van der Waals surface area contributed by atoms with Gasteiger partial charge in [0, 0.05) is 17.6 Å². The Hall–Kier alpha value is -1.39. The van der Waals surface area contributed by atoms with Gasteiger partial charge in [-0.3, -0.25) is 4.79 Å². The van der Waals surface area contributed by atoms with Crippen molar-refractivity contribution in [2.24, 2.45) is 0 Å². The van der Waals surface area contributed by atoms with Crippen molar-refractivity contribution in [1.29, 1.82) is 0 Å². The standard InChI is InChI=1S/C16H16BrClN2O/c1-11(2)20(10-12-5-3-6-13(18)9-12)16(21)14-7-4-8-15(17)19-14/h3-9,11H,10H2,1-2H3. The second kappa shape index (κ2) is 7.05. The van der Waals surface area contributed by atoms with E-state index in [1.807, 2.05) is 44.2 Å². The van der Waals surface area contributed by atoms with Gasteiger partial charge >= 0.3 is 0 Å². The van der Waals surface area contributed by atoms with Gasteiger partial charge in [-0.15, -0.1) is 0 Å². The molecule has 0 fully saturated rings. The largest absolute Gasteiger partial charge is 0.331 e. The van der Waals surface area contributed by atoms with Crippen molar-refractivity contribution < 1.29 is 4.79 Å². The third-order valence-corrected chi connectivity index (χ3v) is 3.74. The maximum Gasteiger partial charge on any atom is 0.273 e. The number of nitrogens with zero attached hydrogens (tertiary/aromatic N) is 2. The Morgan fingerprint density at radius 2 is 2.00 bits per heavy atom. The Labute approximate surface area is 138 Å². The predicted molar refractivity (Wildman–Crippen MR) is 88.4 cm³/mol. The highest BCUT2D eigenvalue weighted by Crippen LogP contribution is 2.17. The maximum absolute atomic E-state index is 12.6. The maximum atomic E-state index is 12.6. The molecule has 2 aromatic rings. The highest BCUT2D eigenvalue weighted by Gasteiger charge is 2.20. The molecule has 0 spiro atoms. The van der Waals surface area contributed by atoms with Crippen molar-refractivity contribution in [1.82, 2.24) is 9.88 Å². The quantitative estimate of drug-likeness (QED) is 0.743. The van der Waals surface area contributed by atoms with Crippen molar-refractivity contribution in [2.45, 2.75) is 26.4 Å². The Kier molecular flexibility index (Phi) is 5.37. The minimum Gasteiger partial charge on any atom is -0.331 e. The Bertz CT molecular complexity index is 646. The molecule has 1 amide bonds. The van der Waals surface area contributed by atoms with E-state index in [0.29, 0.717) is 21.9 Å². The molecule has 1 aromatic carbocycles. The average molecular weight is 368 g/mol. The number of carbonyl (C=O) groups is 1. The fourth-order valence-corrected chi connectivity index (χ4v) is 2.55. The van der Waals surface area contributed by atoms with Gasteiger partial charge in [0.15, 0.2) is 0 Å². The zero-order valence-electron chi connectivity index (χ0n) is 11.9. The summed E-state index contributed by atoms with van der Waals surface area (Å²) in [6.45, 7) is 4.48. The summed E-state index contributed by atoms with van der Waals surface area (Å²) < 4.78 is 0.653. The minimum atomic E-state index is -0.0914. The molecule has 21 heavy (non-hydrogen) atoms. The molecule has 0 bridgehead atoms. The summed E-state index contributed by atoms with van der Waals surface area (Å²) in [6, 6.07) is 12.9. The van der Waals surface area contributed by atoms with Crippen LogP contribution in [-0.4, -0.2) is 21.8 Å². The third kappa shape index (κ3) is 4.29. The van der Waals surface area contributed by atoms with E-state index in [0.717, 1.165) is 5.56 Å². The lowest BCUT2D eigenvalue weighted by molar-refractivity contribution is 0.0684. The summed E-state index contributed by atoms with van der Waals surface area (Å²) in [7, 11) is 0. The molecule has 0 aliphatic carbocycles. The highest BCUT2D eigenvalue weighted by molar-refractivity contribution is 9.10. The first-order valence-corrected chi connectivity index (χ1v) is 7.82. The summed E-state index contributed by atoms with van der Waals surface area (Å²) in [4.78, 5) is 18.7. The molecular formula is C16H16BrClN2O. The number of benzene rings is 1. The van der Waals surface area contributed by atoms with Gasteiger partial charge in [-0.05, 0) is 59.6 Å². The monoisotopic (exact) mass is 366 g/mol. The van der Waals surface area contributed by atoms with Gasteiger partial charge < -0.3 is 4.90 Å². The van der Waals surface area contributed by atoms with E-state index in [9.17, 15) is 4.79 Å². The van der Waals surface area contributed by atoms with Crippen LogP contribution in [0.3, 0.4) is 0 Å². The molecular weight excluding hydrogens is 352 g/mol. The van der Waals surface area contributed by atoms with Gasteiger partial charge in [0.25, 0.3) is 5.91 Å². The number of halogens is 2. The van der Waals surface area contributed by atoms with Crippen LogP contribution in [0.5, 0.6) is 0 Å². The van der Waals surface area contributed by atoms with Crippen LogP contribution in [0.2, 0.25) is 5.02 Å². The molecule has 2 rings (SSSR count). The summed E-state index contributed by atoms with van der Waals surface area (Å²) in [5, 5.41) is 0.671. The molecule has 0 unspecified atom stereocenters. The summed E-state index contributed by atoms with van der Waals surface area (Å²) in [5.74, 6) is -0.0914. The van der Waals surface area contributed by atoms with Gasteiger partial charge in [0.1, 0.15) is 10.3 Å². The van der Waals surface area contributed by atoms with E-state index >= 15 is 0 Å². The average Bonchev–Trinajstić information content (AvgIpc) is 2.44. The lowest BCUT2D eigenvalue weighted by Crippen LogP contribution is -2.36. The molecule has 0 atom stereocenters. The van der Waals surface area contributed by atoms with Crippen LogP contribution in [0.1, 0.15) is 29.9 Å². The van der Waals surface area contributed by atoms with E-state index in [-0.39, 0.29) is 11.9 Å². The van der Waals surface area contributed by atoms with Crippen LogP contribution >= 0.6 is 27.5 Å². The first-order chi connectivity index (χ1) is 9.97. The van der Waals surface area contributed by atoms with Gasteiger partial charge in [-0.1, -0.05) is 29.8 Å². The van der Waals surface area contributed by atoms with Crippen molar-refractivity contribution >= 4 is 33.4 Å². The molecule has 0 saturated heterocycles. The normalized spacial score (nSPS) is 10.7. The Morgan fingerprint density at radius 3 is 2.62 bits per heavy atom. The first kappa shape index (κ1) is 16.0. The number of hydrogen-bond donors (Lipinski definition) is 0. The summed E-state index contributed by atoms with van der Waals surface area (Å²) >= 11 is 9.30. The lowest BCUT2D eigenvalue weighted by atomic mass is 10.1. The topological polar surface area (TPSA) is 33.2 Å². The van der Waals surface area contributed by atoms with Crippen molar-refractivity contribution in [3.63, 3.8) is 0 Å². The minimum absolute atomic E-state index is 0.0669. The second-order valence-corrected chi connectivity index (χ2v) is 6.25. The molecule has 0 radical (unpaired) electrons. The van der Waals surface area contributed by atoms with Crippen molar-refractivity contribution in [2.75, 3.05) is 0 Å². The molecule has 0 aliphatic heterocycles. The Balaban J connectivity index is 2.25. The Morgan fingerprint density at radius 1 is 1.29 bits per heavy atom. The molecule has 1 aromatic heterocycles. The molecule has 0 saturated carbocycles. The van der Waals surface area contributed by atoms with Gasteiger partial charge in [-0.25, -0.2) is 4.98 Å². The van der Waals surface area contributed by atoms with Gasteiger partial charge in [0.2, 0.25) is 0 Å². The fraction of sp³-hybridized carbons (Fsp3) is 0.250.